The molecule has 0 unspecified atom stereocenters. The van der Waals surface area contributed by atoms with Gasteiger partial charge < -0.3 is 9.84 Å². The van der Waals surface area contributed by atoms with Crippen molar-refractivity contribution in [2.45, 2.75) is 6.92 Å². The molecule has 1 N–H and O–H groups in total. The number of pyridine rings is 1. The highest BCUT2D eigenvalue weighted by Crippen LogP contribution is 1.92. The molecular formula is C11H13NO2. The number of hydrogen-bond donors (Lipinski definition) is 1. The van der Waals surface area contributed by atoms with Crippen molar-refractivity contribution in [1.82, 2.24) is 4.98 Å². The zero-order valence-corrected chi connectivity index (χ0v) is 8.32. The Kier molecular flexibility index (Phi) is 3.29. The van der Waals surface area contributed by atoms with Gasteiger partial charge in [0, 0.05) is 11.4 Å². The summed E-state index contributed by atoms with van der Waals surface area (Å²) < 4.78 is 4.93. The average Bonchev–Trinajstić information content (AvgIpc) is 2.18. The Morgan fingerprint density at radius 1 is 1.64 bits per heavy atom. The topological polar surface area (TPSA) is 42.4 Å². The molecule has 0 aliphatic rings. The second-order valence-electron chi connectivity index (χ2n) is 2.74. The van der Waals surface area contributed by atoms with Gasteiger partial charge in [-0.15, -0.1) is 0 Å². The Morgan fingerprint density at radius 2 is 2.36 bits per heavy atom. The van der Waals surface area contributed by atoms with Crippen molar-refractivity contribution in [3.63, 3.8) is 0 Å². The highest BCUT2D eigenvalue weighted by atomic mass is 16.5. The highest BCUT2D eigenvalue weighted by Gasteiger charge is 1.93. The van der Waals surface area contributed by atoms with Gasteiger partial charge in [-0.1, -0.05) is 12.7 Å². The van der Waals surface area contributed by atoms with Crippen molar-refractivity contribution in [3.8, 4) is 5.88 Å². The number of nitrogens with zero attached hydrogens (tertiary/aromatic N) is 1. The van der Waals surface area contributed by atoms with Gasteiger partial charge in [0.1, 0.15) is 5.76 Å². The summed E-state index contributed by atoms with van der Waals surface area (Å²) in [5.41, 5.74) is 0. The largest absolute Gasteiger partial charge is 0.497 e. The molecule has 3 nitrogen and oxygen atoms in total. The van der Waals surface area contributed by atoms with E-state index < -0.39 is 0 Å². The van der Waals surface area contributed by atoms with Gasteiger partial charge in [-0.05, 0) is 24.3 Å². The van der Waals surface area contributed by atoms with E-state index in [4.69, 9.17) is 4.74 Å². The van der Waals surface area contributed by atoms with E-state index in [0.717, 1.165) is 5.22 Å². The predicted molar refractivity (Wildman–Crippen MR) is 55.9 cm³/mol. The van der Waals surface area contributed by atoms with Crippen molar-refractivity contribution < 1.29 is 9.84 Å². The maximum Gasteiger partial charge on any atom is 0.218 e. The summed E-state index contributed by atoms with van der Waals surface area (Å²) >= 11 is 0. The minimum atomic E-state index is 0.0187. The Bertz CT molecular complexity index is 449. The average molecular weight is 191 g/mol. The van der Waals surface area contributed by atoms with Crippen LogP contribution in [0.4, 0.5) is 0 Å². The first-order valence-corrected chi connectivity index (χ1v) is 4.24. The normalized spacial score (nSPS) is 13.0. The molecule has 1 aromatic rings. The summed E-state index contributed by atoms with van der Waals surface area (Å²) in [6, 6.07) is 1.79. The molecule has 3 heteroatoms. The summed E-state index contributed by atoms with van der Waals surface area (Å²) in [4.78, 5) is 3.78. The standard InChI is InChI=1S/C11H13NO2/c1-4-10-9(7-8(2)14-3)5-6-12-11(10)13/h4-7H,2H2,1,3H3,(H,12,13)/b9-7-,10-4+. The summed E-state index contributed by atoms with van der Waals surface area (Å²) in [6.45, 7) is 5.52. The van der Waals surface area contributed by atoms with Gasteiger partial charge in [0.15, 0.2) is 0 Å². The minimum Gasteiger partial charge on any atom is -0.497 e. The van der Waals surface area contributed by atoms with E-state index in [-0.39, 0.29) is 5.88 Å². The molecule has 0 aliphatic heterocycles. The fraction of sp³-hybridized carbons (Fsp3) is 0.182. The highest BCUT2D eigenvalue weighted by molar-refractivity contribution is 5.43. The van der Waals surface area contributed by atoms with Crippen LogP contribution in [0.2, 0.25) is 0 Å². The van der Waals surface area contributed by atoms with Crippen LogP contribution in [0, 0.1) is 0 Å². The van der Waals surface area contributed by atoms with Crippen molar-refractivity contribution in [3.05, 3.63) is 35.0 Å². The Labute approximate surface area is 82.7 Å². The van der Waals surface area contributed by atoms with Gasteiger partial charge in [-0.2, -0.15) is 0 Å². The van der Waals surface area contributed by atoms with Crippen LogP contribution in [0.3, 0.4) is 0 Å². The number of allylic oxidation sites excluding steroid dienone is 1. The molecule has 0 fully saturated rings. The van der Waals surface area contributed by atoms with Crippen LogP contribution in [0.25, 0.3) is 12.2 Å². The maximum atomic E-state index is 9.44. The molecule has 0 saturated carbocycles. The van der Waals surface area contributed by atoms with Crippen LogP contribution in [-0.2, 0) is 4.74 Å². The monoisotopic (exact) mass is 191 g/mol. The zero-order chi connectivity index (χ0) is 10.6. The third-order valence-corrected chi connectivity index (χ3v) is 1.87. The fourth-order valence-corrected chi connectivity index (χ4v) is 1.13. The molecule has 0 atom stereocenters. The molecule has 1 rings (SSSR count). The van der Waals surface area contributed by atoms with E-state index >= 15 is 0 Å². The van der Waals surface area contributed by atoms with E-state index in [1.54, 1.807) is 25.3 Å². The van der Waals surface area contributed by atoms with Gasteiger partial charge in [0.25, 0.3) is 0 Å². The zero-order valence-electron chi connectivity index (χ0n) is 8.32. The summed E-state index contributed by atoms with van der Waals surface area (Å²) in [7, 11) is 1.55. The molecule has 0 saturated heterocycles. The van der Waals surface area contributed by atoms with E-state index in [1.807, 2.05) is 6.92 Å². The smallest absolute Gasteiger partial charge is 0.218 e. The van der Waals surface area contributed by atoms with Crippen molar-refractivity contribution >= 4 is 12.2 Å². The molecular weight excluding hydrogens is 178 g/mol. The van der Waals surface area contributed by atoms with Gasteiger partial charge in [0.2, 0.25) is 5.88 Å². The summed E-state index contributed by atoms with van der Waals surface area (Å²) in [5, 5.41) is 11.0. The van der Waals surface area contributed by atoms with Gasteiger partial charge in [-0.25, -0.2) is 4.98 Å². The Hall–Kier alpha value is -1.77. The number of hydrogen-bond acceptors (Lipinski definition) is 3. The number of rotatable bonds is 2. The molecule has 0 bridgehead atoms. The van der Waals surface area contributed by atoms with E-state index in [2.05, 4.69) is 11.6 Å². The first-order valence-electron chi connectivity index (χ1n) is 4.24. The maximum absolute atomic E-state index is 9.44. The number of aromatic hydroxyl groups is 1. The third-order valence-electron chi connectivity index (χ3n) is 1.87. The van der Waals surface area contributed by atoms with Crippen LogP contribution >= 0.6 is 0 Å². The van der Waals surface area contributed by atoms with Crippen LogP contribution in [0.15, 0.2) is 24.6 Å². The van der Waals surface area contributed by atoms with Gasteiger partial charge in [0.05, 0.1) is 7.11 Å². The molecule has 0 spiro atoms. The lowest BCUT2D eigenvalue weighted by molar-refractivity contribution is 0.315. The SMILES string of the molecule is C=C(/C=c1/ccnc(O)/c1=C/C)OC. The van der Waals surface area contributed by atoms with Gasteiger partial charge in [-0.3, -0.25) is 0 Å². The van der Waals surface area contributed by atoms with E-state index in [1.165, 1.54) is 6.20 Å². The number of methoxy groups -OCH3 is 1. The molecule has 1 heterocycles. The molecule has 0 amide bonds. The van der Waals surface area contributed by atoms with Crippen LogP contribution in [-0.4, -0.2) is 17.2 Å². The van der Waals surface area contributed by atoms with Crippen LogP contribution < -0.4 is 10.4 Å². The Morgan fingerprint density at radius 3 is 2.93 bits per heavy atom. The summed E-state index contributed by atoms with van der Waals surface area (Å²) in [6.07, 6.45) is 5.07. The Balaban J connectivity index is 3.43. The van der Waals surface area contributed by atoms with Crippen molar-refractivity contribution in [1.29, 1.82) is 0 Å². The fourth-order valence-electron chi connectivity index (χ4n) is 1.13. The molecule has 0 radical (unpaired) electrons. The van der Waals surface area contributed by atoms with Gasteiger partial charge >= 0.3 is 0 Å². The first-order chi connectivity index (χ1) is 6.69. The van der Waals surface area contributed by atoms with Crippen LogP contribution in [0.5, 0.6) is 5.88 Å². The molecule has 0 aliphatic carbocycles. The second-order valence-corrected chi connectivity index (χ2v) is 2.74. The molecule has 1 aromatic heterocycles. The first kappa shape index (κ1) is 10.3. The third kappa shape index (κ3) is 2.13. The lowest BCUT2D eigenvalue weighted by atomic mass is 10.2. The summed E-state index contributed by atoms with van der Waals surface area (Å²) in [5.74, 6) is 0.559. The lowest BCUT2D eigenvalue weighted by Crippen LogP contribution is -2.25. The van der Waals surface area contributed by atoms with E-state index in [9.17, 15) is 5.11 Å². The number of ether oxygens (including phenoxy) is 1. The quantitative estimate of drug-likeness (QED) is 0.693. The molecule has 74 valence electrons. The minimum absolute atomic E-state index is 0.0187. The lowest BCUT2D eigenvalue weighted by Gasteiger charge is -1.97. The molecule has 0 aromatic carbocycles. The number of aromatic nitrogens is 1. The second kappa shape index (κ2) is 4.46. The van der Waals surface area contributed by atoms with Crippen LogP contribution in [0.1, 0.15) is 6.92 Å². The predicted octanol–water partition coefficient (Wildman–Crippen LogP) is 0.528. The van der Waals surface area contributed by atoms with Crippen molar-refractivity contribution in [2.24, 2.45) is 0 Å². The van der Waals surface area contributed by atoms with E-state index in [0.29, 0.717) is 11.0 Å². The molecule has 14 heavy (non-hydrogen) atoms. The van der Waals surface area contributed by atoms with Crippen molar-refractivity contribution in [2.75, 3.05) is 7.11 Å².